The van der Waals surface area contributed by atoms with Crippen LogP contribution in [0.5, 0.6) is 5.75 Å². The minimum Gasteiger partial charge on any atom is -0.496 e. The van der Waals surface area contributed by atoms with Crippen LogP contribution in [0.25, 0.3) is 10.6 Å². The Hall–Kier alpha value is -1.46. The van der Waals surface area contributed by atoms with Crippen molar-refractivity contribution in [2.45, 2.75) is 39.7 Å². The molecule has 2 rings (SSSR count). The Morgan fingerprint density at radius 1 is 1.29 bits per heavy atom. The highest BCUT2D eigenvalue weighted by atomic mass is 32.1. The van der Waals surface area contributed by atoms with Gasteiger partial charge in [-0.25, -0.2) is 0 Å². The Kier molecular flexibility index (Phi) is 5.70. The lowest BCUT2D eigenvalue weighted by Crippen LogP contribution is -2.23. The molecule has 0 aliphatic carbocycles. The van der Waals surface area contributed by atoms with Crippen molar-refractivity contribution in [3.8, 4) is 16.3 Å². The van der Waals surface area contributed by atoms with E-state index < -0.39 is 0 Å². The number of ether oxygens (including phenoxy) is 1. The molecule has 0 aliphatic heterocycles. The summed E-state index contributed by atoms with van der Waals surface area (Å²) in [5.41, 5.74) is 2.23. The Balaban J connectivity index is 2.04. The highest BCUT2D eigenvalue weighted by Gasteiger charge is 2.12. The van der Waals surface area contributed by atoms with Crippen molar-refractivity contribution in [2.75, 3.05) is 13.7 Å². The molecule has 114 valence electrons. The standard InChI is InChI=1S/C16H23N3OS/c1-11(2)17-9-5-6-15-18-19-16(21-15)13-10-12(3)7-8-14(13)20-4/h7-8,10-11,17H,5-6,9H2,1-4H3. The highest BCUT2D eigenvalue weighted by molar-refractivity contribution is 7.14. The van der Waals surface area contributed by atoms with Crippen molar-refractivity contribution in [3.63, 3.8) is 0 Å². The molecule has 0 radical (unpaired) electrons. The van der Waals surface area contributed by atoms with Crippen LogP contribution in [0.4, 0.5) is 0 Å². The maximum Gasteiger partial charge on any atom is 0.151 e. The summed E-state index contributed by atoms with van der Waals surface area (Å²) in [4.78, 5) is 0. The molecule has 4 nitrogen and oxygen atoms in total. The van der Waals surface area contributed by atoms with E-state index >= 15 is 0 Å². The normalized spacial score (nSPS) is 11.1. The molecule has 2 aromatic rings. The van der Waals surface area contributed by atoms with Crippen LogP contribution < -0.4 is 10.1 Å². The molecule has 0 saturated heterocycles. The number of aromatic nitrogens is 2. The van der Waals surface area contributed by atoms with Gasteiger partial charge >= 0.3 is 0 Å². The minimum absolute atomic E-state index is 0.534. The van der Waals surface area contributed by atoms with E-state index in [9.17, 15) is 0 Å². The number of hydrogen-bond donors (Lipinski definition) is 1. The van der Waals surface area contributed by atoms with E-state index in [1.54, 1.807) is 18.4 Å². The number of nitrogens with one attached hydrogen (secondary N) is 1. The second-order valence-corrected chi connectivity index (χ2v) is 6.48. The lowest BCUT2D eigenvalue weighted by Gasteiger charge is -2.06. The molecule has 0 saturated carbocycles. The molecule has 1 aromatic heterocycles. The van der Waals surface area contributed by atoms with Gasteiger partial charge in [0.25, 0.3) is 0 Å². The Morgan fingerprint density at radius 2 is 2.10 bits per heavy atom. The largest absolute Gasteiger partial charge is 0.496 e. The summed E-state index contributed by atoms with van der Waals surface area (Å²) in [7, 11) is 1.69. The number of hydrogen-bond acceptors (Lipinski definition) is 5. The third-order valence-corrected chi connectivity index (χ3v) is 4.19. The van der Waals surface area contributed by atoms with Gasteiger partial charge in [0.1, 0.15) is 10.8 Å². The average Bonchev–Trinajstić information content (AvgIpc) is 2.92. The summed E-state index contributed by atoms with van der Waals surface area (Å²) < 4.78 is 5.42. The van der Waals surface area contributed by atoms with E-state index in [-0.39, 0.29) is 0 Å². The van der Waals surface area contributed by atoms with Crippen LogP contribution >= 0.6 is 11.3 Å². The van der Waals surface area contributed by atoms with Crippen LogP contribution in [0, 0.1) is 6.92 Å². The summed E-state index contributed by atoms with van der Waals surface area (Å²) in [6.07, 6.45) is 2.04. The molecule has 0 unspecified atom stereocenters. The molecule has 0 fully saturated rings. The predicted octanol–water partition coefficient (Wildman–Crippen LogP) is 3.45. The molecule has 0 bridgehead atoms. The first-order chi connectivity index (χ1) is 10.1. The number of methoxy groups -OCH3 is 1. The molecule has 0 aliphatic rings. The van der Waals surface area contributed by atoms with Crippen molar-refractivity contribution < 1.29 is 4.74 Å². The number of rotatable bonds is 7. The fraction of sp³-hybridized carbons (Fsp3) is 0.500. The van der Waals surface area contributed by atoms with Gasteiger partial charge < -0.3 is 10.1 Å². The van der Waals surface area contributed by atoms with Gasteiger partial charge in [-0.1, -0.05) is 36.8 Å². The quantitative estimate of drug-likeness (QED) is 0.796. The Labute approximate surface area is 130 Å². The number of aryl methyl sites for hydroxylation is 2. The summed E-state index contributed by atoms with van der Waals surface area (Å²) in [5.74, 6) is 0.852. The zero-order valence-corrected chi connectivity index (χ0v) is 14.0. The van der Waals surface area contributed by atoms with E-state index in [1.807, 2.05) is 12.1 Å². The van der Waals surface area contributed by atoms with Crippen LogP contribution in [0.3, 0.4) is 0 Å². The first-order valence-electron chi connectivity index (χ1n) is 7.31. The van der Waals surface area contributed by atoms with E-state index in [0.29, 0.717) is 6.04 Å². The van der Waals surface area contributed by atoms with E-state index in [4.69, 9.17) is 4.74 Å². The SMILES string of the molecule is COc1ccc(C)cc1-c1nnc(CCCNC(C)C)s1. The zero-order chi connectivity index (χ0) is 15.2. The molecule has 0 spiro atoms. The number of nitrogens with zero attached hydrogens (tertiary/aromatic N) is 2. The minimum atomic E-state index is 0.534. The van der Waals surface area contributed by atoms with E-state index in [0.717, 1.165) is 40.7 Å². The summed E-state index contributed by atoms with van der Waals surface area (Å²) in [5, 5.41) is 14.0. The fourth-order valence-electron chi connectivity index (χ4n) is 2.08. The summed E-state index contributed by atoms with van der Waals surface area (Å²) >= 11 is 1.65. The molecular formula is C16H23N3OS. The molecular weight excluding hydrogens is 282 g/mol. The summed E-state index contributed by atoms with van der Waals surface area (Å²) in [6.45, 7) is 7.41. The molecule has 1 N–H and O–H groups in total. The smallest absolute Gasteiger partial charge is 0.151 e. The van der Waals surface area contributed by atoms with Gasteiger partial charge in [-0.05, 0) is 32.0 Å². The predicted molar refractivity (Wildman–Crippen MR) is 88.1 cm³/mol. The van der Waals surface area contributed by atoms with Gasteiger partial charge in [0.2, 0.25) is 0 Å². The molecule has 0 atom stereocenters. The summed E-state index contributed by atoms with van der Waals surface area (Å²) in [6, 6.07) is 6.66. The van der Waals surface area contributed by atoms with Crippen molar-refractivity contribution >= 4 is 11.3 Å². The monoisotopic (exact) mass is 305 g/mol. The zero-order valence-electron chi connectivity index (χ0n) is 13.1. The average molecular weight is 305 g/mol. The third kappa shape index (κ3) is 4.51. The third-order valence-electron chi connectivity index (χ3n) is 3.17. The second kappa shape index (κ2) is 7.52. The highest BCUT2D eigenvalue weighted by Crippen LogP contribution is 2.33. The van der Waals surface area contributed by atoms with Gasteiger partial charge in [0.15, 0.2) is 5.01 Å². The Bertz CT molecular complexity index is 581. The van der Waals surface area contributed by atoms with E-state index in [2.05, 4.69) is 42.4 Å². The lowest BCUT2D eigenvalue weighted by atomic mass is 10.1. The van der Waals surface area contributed by atoms with Gasteiger partial charge in [0.05, 0.1) is 12.7 Å². The van der Waals surface area contributed by atoms with Crippen molar-refractivity contribution in [1.82, 2.24) is 15.5 Å². The molecule has 5 heteroatoms. The maximum atomic E-state index is 5.42. The maximum absolute atomic E-state index is 5.42. The molecule has 21 heavy (non-hydrogen) atoms. The van der Waals surface area contributed by atoms with Crippen LogP contribution in [0.2, 0.25) is 0 Å². The van der Waals surface area contributed by atoms with Crippen LogP contribution in [-0.2, 0) is 6.42 Å². The Morgan fingerprint density at radius 3 is 2.81 bits per heavy atom. The number of benzene rings is 1. The van der Waals surface area contributed by atoms with E-state index in [1.165, 1.54) is 5.56 Å². The van der Waals surface area contributed by atoms with Gasteiger partial charge in [-0.2, -0.15) is 0 Å². The van der Waals surface area contributed by atoms with Crippen LogP contribution in [0.15, 0.2) is 18.2 Å². The van der Waals surface area contributed by atoms with Crippen molar-refractivity contribution in [3.05, 3.63) is 28.8 Å². The van der Waals surface area contributed by atoms with Gasteiger partial charge in [-0.15, -0.1) is 10.2 Å². The molecule has 0 amide bonds. The fourth-order valence-corrected chi connectivity index (χ4v) is 2.99. The van der Waals surface area contributed by atoms with Crippen LogP contribution in [0.1, 0.15) is 30.8 Å². The van der Waals surface area contributed by atoms with Crippen molar-refractivity contribution in [1.29, 1.82) is 0 Å². The topological polar surface area (TPSA) is 47.0 Å². The second-order valence-electron chi connectivity index (χ2n) is 5.42. The molecule has 1 heterocycles. The molecule has 1 aromatic carbocycles. The van der Waals surface area contributed by atoms with Crippen molar-refractivity contribution in [2.24, 2.45) is 0 Å². The lowest BCUT2D eigenvalue weighted by molar-refractivity contribution is 0.416. The van der Waals surface area contributed by atoms with Gasteiger partial charge in [0, 0.05) is 12.5 Å². The first kappa shape index (κ1) is 15.9. The van der Waals surface area contributed by atoms with Gasteiger partial charge in [-0.3, -0.25) is 0 Å². The van der Waals surface area contributed by atoms with Crippen LogP contribution in [-0.4, -0.2) is 29.9 Å². The first-order valence-corrected chi connectivity index (χ1v) is 8.12.